The van der Waals surface area contributed by atoms with E-state index < -0.39 is 29.3 Å². The highest BCUT2D eigenvalue weighted by atomic mass is 16.5. The van der Waals surface area contributed by atoms with Crippen LogP contribution in [0.2, 0.25) is 0 Å². The smallest absolute Gasteiger partial charge is 0.255 e. The van der Waals surface area contributed by atoms with Gasteiger partial charge in [0.05, 0.1) is 17.3 Å². The number of rotatable bonds is 5. The Morgan fingerprint density at radius 2 is 1.88 bits per heavy atom. The van der Waals surface area contributed by atoms with Crippen LogP contribution in [0.25, 0.3) is 0 Å². The maximum Gasteiger partial charge on any atom is 0.255 e. The van der Waals surface area contributed by atoms with E-state index in [4.69, 9.17) is 4.74 Å². The van der Waals surface area contributed by atoms with Gasteiger partial charge in [0.25, 0.3) is 5.91 Å². The molecule has 0 saturated carbocycles. The molecular weight excluding hydrogens is 512 g/mol. The second-order valence-corrected chi connectivity index (χ2v) is 11.2. The van der Waals surface area contributed by atoms with E-state index in [1.807, 2.05) is 34.7 Å². The molecule has 2 atom stereocenters. The number of fused-ring (bicyclic) bond motifs is 1. The second-order valence-electron chi connectivity index (χ2n) is 11.2. The number of ether oxygens (including phenoxy) is 1. The molecule has 4 amide bonds. The fourth-order valence-electron chi connectivity index (χ4n) is 4.57. The number of aryl methyl sites for hydroxylation is 2. The summed E-state index contributed by atoms with van der Waals surface area (Å²) in [6, 6.07) is 5.41. The van der Waals surface area contributed by atoms with Gasteiger partial charge in [0.2, 0.25) is 17.7 Å². The predicted molar refractivity (Wildman–Crippen MR) is 151 cm³/mol. The first-order chi connectivity index (χ1) is 18.8. The van der Waals surface area contributed by atoms with E-state index in [-0.39, 0.29) is 42.9 Å². The topological polar surface area (TPSA) is 143 Å². The van der Waals surface area contributed by atoms with Crippen molar-refractivity contribution in [3.63, 3.8) is 0 Å². The lowest BCUT2D eigenvalue weighted by molar-refractivity contribution is -0.133. The zero-order valence-corrected chi connectivity index (χ0v) is 24.5. The molecule has 40 heavy (non-hydrogen) atoms. The molecule has 2 aromatic rings. The van der Waals surface area contributed by atoms with Gasteiger partial charge in [0.1, 0.15) is 23.9 Å². The number of nitrogens with zero attached hydrogens (tertiary/aromatic N) is 2. The van der Waals surface area contributed by atoms with Gasteiger partial charge in [-0.25, -0.2) is 0 Å². The molecule has 1 aliphatic rings. The first kappa shape index (κ1) is 30.6. The zero-order chi connectivity index (χ0) is 29.6. The molecular formula is C29H42N6O5. The van der Waals surface area contributed by atoms with Crippen LogP contribution in [0, 0.1) is 19.8 Å². The number of hydrogen-bond donors (Lipinski definition) is 4. The zero-order valence-electron chi connectivity index (χ0n) is 24.5. The maximum absolute atomic E-state index is 13.3. The van der Waals surface area contributed by atoms with Crippen LogP contribution in [0.4, 0.5) is 0 Å². The molecule has 0 unspecified atom stereocenters. The van der Waals surface area contributed by atoms with Gasteiger partial charge in [0.15, 0.2) is 0 Å². The summed E-state index contributed by atoms with van der Waals surface area (Å²) < 4.78 is 7.81. The molecule has 2 heterocycles. The van der Waals surface area contributed by atoms with Crippen LogP contribution in [0.15, 0.2) is 24.3 Å². The molecule has 218 valence electrons. The van der Waals surface area contributed by atoms with Crippen molar-refractivity contribution in [3.8, 4) is 5.75 Å². The SMILES string of the molecule is Cc1nn(C)c(C)c1CCNC(=O)[C@@H]1CCC(=O)NC(C)(C)C(=O)N[C@H](C(C)C)COc2ccccc2C(=O)N1. The number of benzene rings is 1. The quantitative estimate of drug-likeness (QED) is 0.443. The Balaban J connectivity index is 1.83. The Labute approximate surface area is 235 Å². The molecule has 11 heteroatoms. The third-order valence-corrected chi connectivity index (χ3v) is 7.31. The number of nitrogens with one attached hydrogen (secondary N) is 4. The maximum atomic E-state index is 13.3. The van der Waals surface area contributed by atoms with Crippen LogP contribution in [0.3, 0.4) is 0 Å². The van der Waals surface area contributed by atoms with Gasteiger partial charge in [0, 0.05) is 25.7 Å². The average molecular weight is 555 g/mol. The van der Waals surface area contributed by atoms with Crippen molar-refractivity contribution in [1.82, 2.24) is 31.0 Å². The molecule has 4 N–H and O–H groups in total. The first-order valence-corrected chi connectivity index (χ1v) is 13.7. The normalized spacial score (nSPS) is 20.2. The van der Waals surface area contributed by atoms with Gasteiger partial charge < -0.3 is 26.0 Å². The van der Waals surface area contributed by atoms with Crippen molar-refractivity contribution in [1.29, 1.82) is 0 Å². The summed E-state index contributed by atoms with van der Waals surface area (Å²) in [6.07, 6.45) is 0.556. The summed E-state index contributed by atoms with van der Waals surface area (Å²) in [5.41, 5.74) is 2.04. The van der Waals surface area contributed by atoms with E-state index in [9.17, 15) is 19.2 Å². The highest BCUT2D eigenvalue weighted by molar-refractivity contribution is 6.00. The molecule has 1 aliphatic heterocycles. The molecule has 0 fully saturated rings. The summed E-state index contributed by atoms with van der Waals surface area (Å²) in [5, 5.41) is 15.8. The summed E-state index contributed by atoms with van der Waals surface area (Å²) in [6.45, 7) is 11.5. The molecule has 0 aliphatic carbocycles. The minimum absolute atomic E-state index is 0.0273. The van der Waals surface area contributed by atoms with E-state index in [2.05, 4.69) is 26.4 Å². The number of amides is 4. The van der Waals surface area contributed by atoms with E-state index in [0.29, 0.717) is 18.7 Å². The predicted octanol–water partition coefficient (Wildman–Crippen LogP) is 1.70. The van der Waals surface area contributed by atoms with Crippen LogP contribution in [-0.4, -0.2) is 64.2 Å². The number of carbonyl (C=O) groups is 4. The molecule has 3 rings (SSSR count). The minimum atomic E-state index is -1.19. The Kier molecular flexibility index (Phi) is 9.94. The molecule has 0 radical (unpaired) electrons. The van der Waals surface area contributed by atoms with Gasteiger partial charge in [-0.1, -0.05) is 26.0 Å². The summed E-state index contributed by atoms with van der Waals surface area (Å²) in [4.78, 5) is 52.5. The standard InChI is InChI=1S/C29H42N6O5/c1-17(2)23-16-40-24-11-9-8-10-21(24)26(37)31-22(12-13-25(36)33-29(5,6)28(39)32-23)27(38)30-15-14-20-18(3)34-35(7)19(20)4/h8-11,17,22-23H,12-16H2,1-7H3,(H,30,38)(H,31,37)(H,32,39)(H,33,36)/t22-,23-/m0/s1. The van der Waals surface area contributed by atoms with Crippen molar-refractivity contribution in [3.05, 3.63) is 46.8 Å². The molecule has 1 aromatic heterocycles. The number of hydrogen-bond acceptors (Lipinski definition) is 6. The summed E-state index contributed by atoms with van der Waals surface area (Å²) >= 11 is 0. The van der Waals surface area contributed by atoms with E-state index >= 15 is 0 Å². The number of para-hydroxylation sites is 1. The molecule has 0 bridgehead atoms. The van der Waals surface area contributed by atoms with Crippen LogP contribution in [-0.2, 0) is 27.9 Å². The number of aromatic nitrogens is 2. The van der Waals surface area contributed by atoms with Crippen molar-refractivity contribution in [2.75, 3.05) is 13.2 Å². The van der Waals surface area contributed by atoms with Crippen molar-refractivity contribution >= 4 is 23.6 Å². The molecule has 0 saturated heterocycles. The summed E-state index contributed by atoms with van der Waals surface area (Å²) in [5.74, 6) is -1.28. The molecule has 11 nitrogen and oxygen atoms in total. The minimum Gasteiger partial charge on any atom is -0.491 e. The average Bonchev–Trinajstić information content (AvgIpc) is 3.13. The van der Waals surface area contributed by atoms with Gasteiger partial charge in [-0.15, -0.1) is 0 Å². The van der Waals surface area contributed by atoms with Gasteiger partial charge in [-0.3, -0.25) is 23.9 Å². The third-order valence-electron chi connectivity index (χ3n) is 7.31. The van der Waals surface area contributed by atoms with Crippen LogP contribution in [0.5, 0.6) is 5.75 Å². The lowest BCUT2D eigenvalue weighted by Gasteiger charge is -2.30. The van der Waals surface area contributed by atoms with Crippen molar-refractivity contribution in [2.45, 2.75) is 78.4 Å². The Morgan fingerprint density at radius 1 is 1.18 bits per heavy atom. The van der Waals surface area contributed by atoms with Crippen molar-refractivity contribution in [2.24, 2.45) is 13.0 Å². The van der Waals surface area contributed by atoms with Gasteiger partial charge in [-0.05, 0) is 64.2 Å². The van der Waals surface area contributed by atoms with Gasteiger partial charge in [-0.2, -0.15) is 5.10 Å². The largest absolute Gasteiger partial charge is 0.491 e. The van der Waals surface area contributed by atoms with E-state index in [1.54, 1.807) is 42.8 Å². The van der Waals surface area contributed by atoms with E-state index in [1.165, 1.54) is 0 Å². The van der Waals surface area contributed by atoms with Crippen molar-refractivity contribution < 1.29 is 23.9 Å². The second kappa shape index (κ2) is 13.0. The van der Waals surface area contributed by atoms with Crippen LogP contribution >= 0.6 is 0 Å². The first-order valence-electron chi connectivity index (χ1n) is 13.7. The fourth-order valence-corrected chi connectivity index (χ4v) is 4.57. The number of carbonyl (C=O) groups excluding carboxylic acids is 4. The molecule has 1 aromatic carbocycles. The lowest BCUT2D eigenvalue weighted by atomic mass is 10.00. The summed E-state index contributed by atoms with van der Waals surface area (Å²) in [7, 11) is 1.87. The monoisotopic (exact) mass is 554 g/mol. The van der Waals surface area contributed by atoms with Gasteiger partial charge >= 0.3 is 0 Å². The molecule has 0 spiro atoms. The van der Waals surface area contributed by atoms with Crippen LogP contribution < -0.4 is 26.0 Å². The van der Waals surface area contributed by atoms with Crippen LogP contribution in [0.1, 0.15) is 67.8 Å². The third kappa shape index (κ3) is 7.61. The highest BCUT2D eigenvalue weighted by Gasteiger charge is 2.33. The van der Waals surface area contributed by atoms with E-state index in [0.717, 1.165) is 17.0 Å². The Morgan fingerprint density at radius 3 is 2.52 bits per heavy atom. The Bertz CT molecular complexity index is 1250. The lowest BCUT2D eigenvalue weighted by Crippen LogP contribution is -2.58. The fraction of sp³-hybridized carbons (Fsp3) is 0.552. The Hall–Kier alpha value is -3.89. The highest BCUT2D eigenvalue weighted by Crippen LogP contribution is 2.20.